The summed E-state index contributed by atoms with van der Waals surface area (Å²) in [6, 6.07) is 8.38. The van der Waals surface area contributed by atoms with Gasteiger partial charge in [-0.25, -0.2) is 17.5 Å². The first-order valence-electron chi connectivity index (χ1n) is 8.54. The molecule has 1 aliphatic rings. The first-order chi connectivity index (χ1) is 12.4. The SMILES string of the molecule is CS(=O)(=O)NCc1cc2n(n1)CCCN(CC=Cc1ccc(F)cc1)C2. The quantitative estimate of drug-likeness (QED) is 0.835. The normalized spacial score (nSPS) is 15.9. The van der Waals surface area contributed by atoms with Crippen LogP contribution in [-0.2, 0) is 29.7 Å². The van der Waals surface area contributed by atoms with Crippen LogP contribution < -0.4 is 4.72 Å². The van der Waals surface area contributed by atoms with Crippen LogP contribution in [0.2, 0.25) is 0 Å². The van der Waals surface area contributed by atoms with Crippen molar-refractivity contribution in [3.8, 4) is 0 Å². The van der Waals surface area contributed by atoms with E-state index in [0.717, 1.165) is 55.8 Å². The van der Waals surface area contributed by atoms with Crippen LogP contribution in [0.15, 0.2) is 36.4 Å². The van der Waals surface area contributed by atoms with Crippen molar-refractivity contribution >= 4 is 16.1 Å². The van der Waals surface area contributed by atoms with Crippen LogP contribution in [0.5, 0.6) is 0 Å². The van der Waals surface area contributed by atoms with Gasteiger partial charge in [0.1, 0.15) is 5.82 Å². The van der Waals surface area contributed by atoms with Crippen molar-refractivity contribution in [1.82, 2.24) is 19.4 Å². The zero-order chi connectivity index (χ0) is 18.6. The highest BCUT2D eigenvalue weighted by Crippen LogP contribution is 2.14. The second-order valence-electron chi connectivity index (χ2n) is 6.49. The van der Waals surface area contributed by atoms with Gasteiger partial charge in [0.2, 0.25) is 10.0 Å². The van der Waals surface area contributed by atoms with Crippen molar-refractivity contribution in [2.24, 2.45) is 0 Å². The van der Waals surface area contributed by atoms with Crippen molar-refractivity contribution in [3.63, 3.8) is 0 Å². The summed E-state index contributed by atoms with van der Waals surface area (Å²) < 4.78 is 39.8. The minimum Gasteiger partial charge on any atom is -0.294 e. The van der Waals surface area contributed by atoms with Crippen molar-refractivity contribution < 1.29 is 12.8 Å². The molecule has 0 saturated heterocycles. The monoisotopic (exact) mass is 378 g/mol. The lowest BCUT2D eigenvalue weighted by molar-refractivity contribution is 0.299. The Hall–Kier alpha value is -2.03. The van der Waals surface area contributed by atoms with E-state index in [2.05, 4.69) is 20.8 Å². The third kappa shape index (κ3) is 5.48. The van der Waals surface area contributed by atoms with Crippen LogP contribution in [0.25, 0.3) is 6.08 Å². The Morgan fingerprint density at radius 1 is 1.27 bits per heavy atom. The molecule has 0 amide bonds. The van der Waals surface area contributed by atoms with Gasteiger partial charge >= 0.3 is 0 Å². The third-order valence-corrected chi connectivity index (χ3v) is 4.87. The zero-order valence-electron chi connectivity index (χ0n) is 14.7. The molecule has 0 bridgehead atoms. The van der Waals surface area contributed by atoms with E-state index in [1.54, 1.807) is 12.1 Å². The van der Waals surface area contributed by atoms with Gasteiger partial charge in [0.25, 0.3) is 0 Å². The number of aromatic nitrogens is 2. The number of nitrogens with one attached hydrogen (secondary N) is 1. The molecule has 140 valence electrons. The number of aryl methyl sites for hydroxylation is 1. The standard InChI is InChI=1S/C18H23FN4O2S/c1-26(24,25)20-13-17-12-18-14-22(10-3-11-23(18)21-17)9-2-4-15-5-7-16(19)8-6-15/h2,4-8,12,20H,3,9-11,13-14H2,1H3. The predicted octanol–water partition coefficient (Wildman–Crippen LogP) is 1.99. The Morgan fingerprint density at radius 3 is 2.77 bits per heavy atom. The molecule has 0 saturated carbocycles. The second kappa shape index (κ2) is 8.11. The summed E-state index contributed by atoms with van der Waals surface area (Å²) in [5, 5.41) is 4.49. The number of sulfonamides is 1. The molecule has 0 fully saturated rings. The topological polar surface area (TPSA) is 67.2 Å². The highest BCUT2D eigenvalue weighted by molar-refractivity contribution is 7.88. The number of halogens is 1. The van der Waals surface area contributed by atoms with Gasteiger partial charge in [0.05, 0.1) is 24.2 Å². The van der Waals surface area contributed by atoms with Crippen molar-refractivity contribution in [1.29, 1.82) is 0 Å². The van der Waals surface area contributed by atoms with E-state index >= 15 is 0 Å². The molecular weight excluding hydrogens is 355 g/mol. The van der Waals surface area contributed by atoms with Crippen molar-refractivity contribution in [2.75, 3.05) is 19.3 Å². The van der Waals surface area contributed by atoms with E-state index < -0.39 is 10.0 Å². The van der Waals surface area contributed by atoms with E-state index in [0.29, 0.717) is 0 Å². The highest BCUT2D eigenvalue weighted by Gasteiger charge is 2.16. The fourth-order valence-electron chi connectivity index (χ4n) is 2.95. The molecule has 2 aromatic rings. The smallest absolute Gasteiger partial charge is 0.209 e. The fraction of sp³-hybridized carbons (Fsp3) is 0.389. The summed E-state index contributed by atoms with van der Waals surface area (Å²) in [6.45, 7) is 3.56. The minimum atomic E-state index is -3.23. The fourth-order valence-corrected chi connectivity index (χ4v) is 3.36. The van der Waals surface area contributed by atoms with Gasteiger partial charge in [-0.05, 0) is 30.2 Å². The number of fused-ring (bicyclic) bond motifs is 1. The van der Waals surface area contributed by atoms with E-state index in [1.165, 1.54) is 12.1 Å². The highest BCUT2D eigenvalue weighted by atomic mass is 32.2. The summed E-state index contributed by atoms with van der Waals surface area (Å²) in [6.07, 6.45) is 6.19. The maximum atomic E-state index is 12.9. The zero-order valence-corrected chi connectivity index (χ0v) is 15.5. The predicted molar refractivity (Wildman–Crippen MR) is 99.2 cm³/mol. The molecular formula is C18H23FN4O2S. The summed E-state index contributed by atoms with van der Waals surface area (Å²) in [7, 11) is -3.23. The third-order valence-electron chi connectivity index (χ3n) is 4.20. The number of nitrogens with zero attached hydrogens (tertiary/aromatic N) is 3. The van der Waals surface area contributed by atoms with Crippen molar-refractivity contribution in [2.45, 2.75) is 26.1 Å². The summed E-state index contributed by atoms with van der Waals surface area (Å²) in [5.74, 6) is -0.232. The van der Waals surface area contributed by atoms with Crippen molar-refractivity contribution in [3.05, 3.63) is 59.2 Å². The van der Waals surface area contributed by atoms with Gasteiger partial charge in [0.15, 0.2) is 0 Å². The first kappa shape index (κ1) is 18.8. The second-order valence-corrected chi connectivity index (χ2v) is 8.32. The largest absolute Gasteiger partial charge is 0.294 e. The number of benzene rings is 1. The lowest BCUT2D eigenvalue weighted by Crippen LogP contribution is -2.23. The van der Waals surface area contributed by atoms with E-state index in [1.807, 2.05) is 16.8 Å². The molecule has 8 heteroatoms. The summed E-state index contributed by atoms with van der Waals surface area (Å²) in [5.41, 5.74) is 2.79. The number of hydrogen-bond donors (Lipinski definition) is 1. The molecule has 3 rings (SSSR count). The molecule has 1 aromatic carbocycles. The molecule has 2 heterocycles. The molecule has 1 N–H and O–H groups in total. The van der Waals surface area contributed by atoms with E-state index in [9.17, 15) is 12.8 Å². The Balaban J connectivity index is 1.60. The average molecular weight is 378 g/mol. The van der Waals surface area contributed by atoms with E-state index in [-0.39, 0.29) is 12.4 Å². The van der Waals surface area contributed by atoms with Gasteiger partial charge in [-0.15, -0.1) is 0 Å². The van der Waals surface area contributed by atoms with Gasteiger partial charge in [0, 0.05) is 26.2 Å². The maximum absolute atomic E-state index is 12.9. The van der Waals surface area contributed by atoms with Crippen LogP contribution in [0, 0.1) is 5.82 Å². The first-order valence-corrected chi connectivity index (χ1v) is 10.4. The summed E-state index contributed by atoms with van der Waals surface area (Å²) in [4.78, 5) is 2.31. The molecule has 6 nitrogen and oxygen atoms in total. The maximum Gasteiger partial charge on any atom is 0.209 e. The lowest BCUT2D eigenvalue weighted by atomic mass is 10.2. The van der Waals surface area contributed by atoms with Crippen LogP contribution >= 0.6 is 0 Å². The Labute approximate surface area is 153 Å². The van der Waals surface area contributed by atoms with Gasteiger partial charge < -0.3 is 0 Å². The molecule has 26 heavy (non-hydrogen) atoms. The molecule has 0 unspecified atom stereocenters. The van der Waals surface area contributed by atoms with Gasteiger partial charge in [-0.2, -0.15) is 5.10 Å². The average Bonchev–Trinajstić information content (AvgIpc) is 2.86. The molecule has 0 radical (unpaired) electrons. The van der Waals surface area contributed by atoms with Gasteiger partial charge in [-0.1, -0.05) is 24.3 Å². The van der Waals surface area contributed by atoms with Crippen LogP contribution in [0.1, 0.15) is 23.4 Å². The van der Waals surface area contributed by atoms with Crippen LogP contribution in [0.4, 0.5) is 4.39 Å². The Bertz CT molecular complexity index is 875. The Morgan fingerprint density at radius 2 is 2.04 bits per heavy atom. The summed E-state index contributed by atoms with van der Waals surface area (Å²) >= 11 is 0. The van der Waals surface area contributed by atoms with Crippen LogP contribution in [-0.4, -0.2) is 42.4 Å². The molecule has 0 aliphatic carbocycles. The number of rotatable bonds is 6. The molecule has 1 aromatic heterocycles. The van der Waals surface area contributed by atoms with Gasteiger partial charge in [-0.3, -0.25) is 9.58 Å². The number of hydrogen-bond acceptors (Lipinski definition) is 4. The van der Waals surface area contributed by atoms with Crippen LogP contribution in [0.3, 0.4) is 0 Å². The lowest BCUT2D eigenvalue weighted by Gasteiger charge is -2.17. The molecule has 0 atom stereocenters. The molecule has 0 spiro atoms. The van der Waals surface area contributed by atoms with E-state index in [4.69, 9.17) is 0 Å². The Kier molecular flexibility index (Phi) is 5.85. The molecule has 1 aliphatic heterocycles. The minimum absolute atomic E-state index is 0.212.